The molecular formula is C28H39N3O4S. The van der Waals surface area contributed by atoms with E-state index in [1.807, 2.05) is 57.2 Å². The van der Waals surface area contributed by atoms with Crippen LogP contribution in [0.1, 0.15) is 55.7 Å². The molecule has 0 saturated heterocycles. The minimum Gasteiger partial charge on any atom is -0.352 e. The second kappa shape index (κ2) is 12.4. The normalized spacial score (nSPS) is 14.9. The van der Waals surface area contributed by atoms with E-state index in [4.69, 9.17) is 0 Å². The first kappa shape index (κ1) is 27.7. The first-order valence-corrected chi connectivity index (χ1v) is 14.6. The van der Waals surface area contributed by atoms with E-state index >= 15 is 0 Å². The first-order valence-electron chi connectivity index (χ1n) is 12.8. The molecule has 8 heteroatoms. The first-order chi connectivity index (χ1) is 17.1. The Morgan fingerprint density at radius 2 is 1.69 bits per heavy atom. The van der Waals surface area contributed by atoms with Crippen molar-refractivity contribution in [2.24, 2.45) is 0 Å². The van der Waals surface area contributed by atoms with Crippen LogP contribution in [0, 0.1) is 13.8 Å². The average Bonchev–Trinajstić information content (AvgIpc) is 3.34. The Kier molecular flexibility index (Phi) is 9.54. The van der Waals surface area contributed by atoms with E-state index in [0.29, 0.717) is 25.1 Å². The van der Waals surface area contributed by atoms with Gasteiger partial charge in [0.25, 0.3) is 0 Å². The van der Waals surface area contributed by atoms with E-state index in [2.05, 4.69) is 5.32 Å². The minimum atomic E-state index is -3.73. The molecule has 0 aliphatic heterocycles. The zero-order chi connectivity index (χ0) is 26.3. The van der Waals surface area contributed by atoms with Crippen LogP contribution in [0.4, 0.5) is 5.69 Å². The van der Waals surface area contributed by atoms with Crippen LogP contribution in [0.2, 0.25) is 0 Å². The highest BCUT2D eigenvalue weighted by molar-refractivity contribution is 7.92. The monoisotopic (exact) mass is 513 g/mol. The number of carbonyl (C=O) groups excluding carboxylic acids is 2. The highest BCUT2D eigenvalue weighted by Gasteiger charge is 2.32. The topological polar surface area (TPSA) is 86.8 Å². The summed E-state index contributed by atoms with van der Waals surface area (Å²) >= 11 is 0. The number of benzene rings is 2. The fourth-order valence-corrected chi connectivity index (χ4v) is 5.60. The molecule has 3 rings (SSSR count). The van der Waals surface area contributed by atoms with Crippen LogP contribution < -0.4 is 9.62 Å². The molecule has 0 spiro atoms. The molecule has 1 aliphatic carbocycles. The van der Waals surface area contributed by atoms with Gasteiger partial charge in [0.2, 0.25) is 21.8 Å². The maximum atomic E-state index is 13.7. The van der Waals surface area contributed by atoms with Crippen LogP contribution in [-0.4, -0.2) is 56.6 Å². The zero-order valence-electron chi connectivity index (χ0n) is 21.9. The Hall–Kier alpha value is -2.87. The van der Waals surface area contributed by atoms with Gasteiger partial charge in [-0.2, -0.15) is 0 Å². The summed E-state index contributed by atoms with van der Waals surface area (Å²) in [5.41, 5.74) is 3.48. The molecule has 196 valence electrons. The summed E-state index contributed by atoms with van der Waals surface area (Å²) in [6.45, 7) is 5.72. The van der Waals surface area contributed by atoms with E-state index in [0.717, 1.165) is 52.9 Å². The molecule has 0 radical (unpaired) electrons. The molecule has 2 aromatic carbocycles. The van der Waals surface area contributed by atoms with Gasteiger partial charge >= 0.3 is 0 Å². The Bertz CT molecular complexity index is 1140. The molecule has 7 nitrogen and oxygen atoms in total. The number of hydrogen-bond donors (Lipinski definition) is 1. The van der Waals surface area contributed by atoms with Gasteiger partial charge < -0.3 is 10.2 Å². The molecule has 0 bridgehead atoms. The summed E-state index contributed by atoms with van der Waals surface area (Å²) in [4.78, 5) is 28.6. The third-order valence-corrected chi connectivity index (χ3v) is 8.17. The van der Waals surface area contributed by atoms with Crippen LogP contribution in [-0.2, 0) is 26.0 Å². The summed E-state index contributed by atoms with van der Waals surface area (Å²) in [6.07, 6.45) is 6.22. The van der Waals surface area contributed by atoms with Gasteiger partial charge in [0.1, 0.15) is 12.6 Å². The van der Waals surface area contributed by atoms with Crippen molar-refractivity contribution in [3.63, 3.8) is 0 Å². The van der Waals surface area contributed by atoms with Crippen molar-refractivity contribution in [2.45, 2.75) is 71.4 Å². The molecule has 0 aromatic heterocycles. The highest BCUT2D eigenvalue weighted by atomic mass is 32.2. The van der Waals surface area contributed by atoms with E-state index in [9.17, 15) is 18.0 Å². The van der Waals surface area contributed by atoms with Gasteiger partial charge in [-0.25, -0.2) is 8.42 Å². The lowest BCUT2D eigenvalue weighted by Crippen LogP contribution is -2.54. The van der Waals surface area contributed by atoms with E-state index in [1.54, 1.807) is 17.0 Å². The van der Waals surface area contributed by atoms with Crippen LogP contribution in [0.15, 0.2) is 48.5 Å². The number of sulfonamides is 1. The molecule has 36 heavy (non-hydrogen) atoms. The zero-order valence-corrected chi connectivity index (χ0v) is 22.7. The predicted octanol–water partition coefficient (Wildman–Crippen LogP) is 3.98. The number of hydrogen-bond acceptors (Lipinski definition) is 4. The van der Waals surface area contributed by atoms with Crippen LogP contribution in [0.5, 0.6) is 0 Å². The highest BCUT2D eigenvalue weighted by Crippen LogP contribution is 2.23. The number of carbonyl (C=O) groups is 2. The molecular weight excluding hydrogens is 474 g/mol. The van der Waals surface area contributed by atoms with Crippen LogP contribution in [0.3, 0.4) is 0 Å². The maximum absolute atomic E-state index is 13.7. The molecule has 0 heterocycles. The number of rotatable bonds is 11. The number of anilines is 1. The second-order valence-electron chi connectivity index (χ2n) is 9.77. The molecule has 1 aliphatic rings. The number of amides is 2. The summed E-state index contributed by atoms with van der Waals surface area (Å²) in [6, 6.07) is 14.6. The van der Waals surface area contributed by atoms with Crippen molar-refractivity contribution in [3.05, 3.63) is 65.2 Å². The van der Waals surface area contributed by atoms with Crippen molar-refractivity contribution >= 4 is 27.5 Å². The Labute approximate surface area is 215 Å². The van der Waals surface area contributed by atoms with Crippen LogP contribution >= 0.6 is 0 Å². The summed E-state index contributed by atoms with van der Waals surface area (Å²) < 4.78 is 26.6. The largest absolute Gasteiger partial charge is 0.352 e. The van der Waals surface area contributed by atoms with Gasteiger partial charge in [0.15, 0.2) is 0 Å². The van der Waals surface area contributed by atoms with Crippen molar-refractivity contribution in [1.29, 1.82) is 0 Å². The Morgan fingerprint density at radius 1 is 1.03 bits per heavy atom. The quantitative estimate of drug-likeness (QED) is 0.492. The minimum absolute atomic E-state index is 0.140. The summed E-state index contributed by atoms with van der Waals surface area (Å²) in [5, 5.41) is 3.13. The van der Waals surface area contributed by atoms with Crippen molar-refractivity contribution < 1.29 is 18.0 Å². The van der Waals surface area contributed by atoms with Gasteiger partial charge in [-0.15, -0.1) is 0 Å². The summed E-state index contributed by atoms with van der Waals surface area (Å²) in [7, 11) is -3.73. The van der Waals surface area contributed by atoms with Crippen LogP contribution in [0.25, 0.3) is 0 Å². The van der Waals surface area contributed by atoms with Gasteiger partial charge in [0, 0.05) is 12.6 Å². The van der Waals surface area contributed by atoms with Gasteiger partial charge in [-0.3, -0.25) is 13.9 Å². The fraction of sp³-hybridized carbons (Fsp3) is 0.500. The number of nitrogens with zero attached hydrogens (tertiary/aromatic N) is 2. The van der Waals surface area contributed by atoms with Gasteiger partial charge in [-0.1, -0.05) is 56.2 Å². The van der Waals surface area contributed by atoms with Gasteiger partial charge in [-0.05, 0) is 68.4 Å². The smallest absolute Gasteiger partial charge is 0.244 e. The Morgan fingerprint density at radius 3 is 2.28 bits per heavy atom. The van der Waals surface area contributed by atoms with Crippen molar-refractivity contribution in [1.82, 2.24) is 10.2 Å². The average molecular weight is 514 g/mol. The summed E-state index contributed by atoms with van der Waals surface area (Å²) in [5.74, 6) is -0.550. The van der Waals surface area contributed by atoms with E-state index in [1.165, 1.54) is 0 Å². The fourth-order valence-electron chi connectivity index (χ4n) is 4.76. The van der Waals surface area contributed by atoms with E-state index in [-0.39, 0.29) is 24.4 Å². The molecule has 1 saturated carbocycles. The predicted molar refractivity (Wildman–Crippen MR) is 144 cm³/mol. The SMILES string of the molecule is CC[C@@H](C(=O)NC1CCCC1)N(CCc1ccccc1)C(=O)CN(c1ccc(C)c(C)c1)S(C)(=O)=O. The number of aryl methyl sites for hydroxylation is 2. The molecule has 2 aromatic rings. The molecule has 0 unspecified atom stereocenters. The lowest BCUT2D eigenvalue weighted by molar-refractivity contribution is -0.139. The molecule has 1 N–H and O–H groups in total. The van der Waals surface area contributed by atoms with E-state index < -0.39 is 16.1 Å². The lowest BCUT2D eigenvalue weighted by atomic mass is 10.1. The maximum Gasteiger partial charge on any atom is 0.244 e. The van der Waals surface area contributed by atoms with Crippen molar-refractivity contribution in [3.8, 4) is 0 Å². The van der Waals surface area contributed by atoms with Gasteiger partial charge in [0.05, 0.1) is 11.9 Å². The second-order valence-corrected chi connectivity index (χ2v) is 11.7. The third kappa shape index (κ3) is 7.32. The number of nitrogens with one attached hydrogen (secondary N) is 1. The molecule has 2 amide bonds. The standard InChI is InChI=1S/C28H39N3O4S/c1-5-26(28(33)29-24-13-9-10-14-24)30(18-17-23-11-7-6-8-12-23)27(32)20-31(36(4,34)35)25-16-15-21(2)22(3)19-25/h6-8,11-12,15-16,19,24,26H,5,9-10,13-14,17-18,20H2,1-4H3,(H,29,33)/t26-/m0/s1. The van der Waals surface area contributed by atoms with Crippen molar-refractivity contribution in [2.75, 3.05) is 23.7 Å². The third-order valence-electron chi connectivity index (χ3n) is 7.03. The Balaban J connectivity index is 1.87. The molecule has 1 atom stereocenters. The molecule has 1 fully saturated rings. The lowest BCUT2D eigenvalue weighted by Gasteiger charge is -2.33.